The average Bonchev–Trinajstić information content (AvgIpc) is 2.96. The van der Waals surface area contributed by atoms with E-state index in [1.54, 1.807) is 6.92 Å². The molecule has 0 fully saturated rings. The maximum atomic E-state index is 12.7. The van der Waals surface area contributed by atoms with Gasteiger partial charge in [0.1, 0.15) is 5.75 Å². The Morgan fingerprint density at radius 1 is 1.39 bits per heavy atom. The summed E-state index contributed by atoms with van der Waals surface area (Å²) in [6.45, 7) is 0.292. The summed E-state index contributed by atoms with van der Waals surface area (Å²) in [6.07, 6.45) is -3.23. The second-order valence-corrected chi connectivity index (χ2v) is 6.60. The van der Waals surface area contributed by atoms with E-state index in [0.29, 0.717) is 11.1 Å². The third-order valence-electron chi connectivity index (χ3n) is 4.38. The number of rotatable bonds is 5. The van der Waals surface area contributed by atoms with Crippen LogP contribution in [0.4, 0.5) is 13.2 Å². The lowest BCUT2D eigenvalue weighted by Gasteiger charge is -2.25. The topological polar surface area (TPSA) is 79.7 Å². The van der Waals surface area contributed by atoms with E-state index in [2.05, 4.69) is 9.72 Å². The van der Waals surface area contributed by atoms with E-state index >= 15 is 0 Å². The highest BCUT2D eigenvalue weighted by atomic mass is 35.5. The van der Waals surface area contributed by atoms with Crippen molar-refractivity contribution in [3.05, 3.63) is 57.9 Å². The smallest absolute Gasteiger partial charge is 0.422 e. The summed E-state index contributed by atoms with van der Waals surface area (Å²) >= 11 is 6.02. The van der Waals surface area contributed by atoms with Crippen molar-refractivity contribution in [1.82, 2.24) is 9.88 Å². The molecule has 1 aliphatic rings. The Morgan fingerprint density at radius 3 is 2.71 bits per heavy atom. The van der Waals surface area contributed by atoms with Crippen LogP contribution in [0.3, 0.4) is 0 Å². The molecule has 0 saturated carbocycles. The quantitative estimate of drug-likeness (QED) is 0.797. The highest BCUT2D eigenvalue weighted by molar-refractivity contribution is 6.32. The molecule has 6 nitrogen and oxygen atoms in total. The zero-order valence-corrected chi connectivity index (χ0v) is 15.2. The Balaban J connectivity index is 1.82. The number of hydrogen-bond donors (Lipinski definition) is 1. The number of aromatic nitrogens is 1. The maximum absolute atomic E-state index is 12.7. The number of carboxylic acid groups (broad SMARTS) is 1. The van der Waals surface area contributed by atoms with E-state index in [0.717, 1.165) is 0 Å². The summed E-state index contributed by atoms with van der Waals surface area (Å²) < 4.78 is 41.5. The Morgan fingerprint density at radius 2 is 2.11 bits per heavy atom. The zero-order chi connectivity index (χ0) is 20.6. The summed E-state index contributed by atoms with van der Waals surface area (Å²) in [7, 11) is 0. The van der Waals surface area contributed by atoms with Crippen molar-refractivity contribution in [2.45, 2.75) is 25.7 Å². The average molecular weight is 415 g/mol. The Hall–Kier alpha value is -2.81. The Kier molecular flexibility index (Phi) is 5.20. The summed E-state index contributed by atoms with van der Waals surface area (Å²) in [5.74, 6) is -1.71. The summed E-state index contributed by atoms with van der Waals surface area (Å²) in [5, 5.41) is 9.23. The molecule has 0 spiro atoms. The Bertz CT molecular complexity index is 949. The first kappa shape index (κ1) is 19.9. The number of hydrogen-bond acceptors (Lipinski definition) is 4. The van der Waals surface area contributed by atoms with Gasteiger partial charge in [0.25, 0.3) is 5.91 Å². The van der Waals surface area contributed by atoms with Crippen molar-refractivity contribution in [3.63, 3.8) is 0 Å². The monoisotopic (exact) mass is 414 g/mol. The number of carboxylic acids is 1. The molecule has 1 unspecified atom stereocenters. The van der Waals surface area contributed by atoms with Crippen LogP contribution in [-0.2, 0) is 6.54 Å². The number of alkyl halides is 3. The van der Waals surface area contributed by atoms with Crippen molar-refractivity contribution in [2.75, 3.05) is 6.61 Å². The van der Waals surface area contributed by atoms with E-state index in [1.165, 1.54) is 35.4 Å². The largest absolute Gasteiger partial charge is 0.483 e. The molecule has 1 aliphatic heterocycles. The van der Waals surface area contributed by atoms with Crippen LogP contribution in [0, 0.1) is 0 Å². The highest BCUT2D eigenvalue weighted by Crippen LogP contribution is 2.35. The number of nitrogens with zero attached hydrogens (tertiary/aromatic N) is 2. The fraction of sp³-hybridized carbons (Fsp3) is 0.278. The van der Waals surface area contributed by atoms with Gasteiger partial charge in [-0.2, -0.15) is 13.2 Å². The second kappa shape index (κ2) is 7.31. The third kappa shape index (κ3) is 3.89. The molecular formula is C18H14ClF3N2O4. The van der Waals surface area contributed by atoms with Crippen molar-refractivity contribution in [3.8, 4) is 5.75 Å². The lowest BCUT2D eigenvalue weighted by Crippen LogP contribution is -2.27. The molecule has 1 amide bonds. The first-order valence-electron chi connectivity index (χ1n) is 8.09. The van der Waals surface area contributed by atoms with Gasteiger partial charge in [-0.3, -0.25) is 4.79 Å². The molecule has 28 heavy (non-hydrogen) atoms. The van der Waals surface area contributed by atoms with E-state index < -0.39 is 24.8 Å². The molecule has 2 heterocycles. The molecule has 0 bridgehead atoms. The number of aromatic carboxylic acids is 1. The minimum Gasteiger partial charge on any atom is -0.483 e. The molecule has 3 rings (SSSR count). The number of ether oxygens (including phenoxy) is 1. The van der Waals surface area contributed by atoms with Gasteiger partial charge in [-0.05, 0) is 30.7 Å². The van der Waals surface area contributed by atoms with Gasteiger partial charge < -0.3 is 14.7 Å². The number of carbonyl (C=O) groups is 2. The van der Waals surface area contributed by atoms with Crippen molar-refractivity contribution in [2.24, 2.45) is 0 Å². The molecule has 0 aliphatic carbocycles. The molecule has 2 aromatic rings. The number of carbonyl (C=O) groups excluding carboxylic acids is 1. The molecule has 1 N–H and O–H groups in total. The van der Waals surface area contributed by atoms with Gasteiger partial charge in [0.05, 0.1) is 11.1 Å². The van der Waals surface area contributed by atoms with Crippen LogP contribution in [0.25, 0.3) is 0 Å². The summed E-state index contributed by atoms with van der Waals surface area (Å²) in [6, 6.07) is 5.19. The van der Waals surface area contributed by atoms with E-state index in [9.17, 15) is 27.9 Å². The van der Waals surface area contributed by atoms with E-state index in [4.69, 9.17) is 11.6 Å². The van der Waals surface area contributed by atoms with Gasteiger partial charge in [0.2, 0.25) is 0 Å². The minimum atomic E-state index is -4.49. The molecule has 0 saturated heterocycles. The lowest BCUT2D eigenvalue weighted by atomic mass is 10.1. The van der Waals surface area contributed by atoms with Crippen LogP contribution < -0.4 is 4.74 Å². The molecule has 1 aromatic carbocycles. The number of benzene rings is 1. The fourth-order valence-corrected chi connectivity index (χ4v) is 3.22. The normalized spacial score (nSPS) is 14.8. The highest BCUT2D eigenvalue weighted by Gasteiger charge is 2.35. The summed E-state index contributed by atoms with van der Waals surface area (Å²) in [5.41, 5.74) is 0.961. The maximum Gasteiger partial charge on any atom is 0.422 e. The van der Waals surface area contributed by atoms with Gasteiger partial charge in [-0.1, -0.05) is 17.7 Å². The molecule has 0 radical (unpaired) electrons. The number of fused-ring (bicyclic) bond motifs is 1. The first-order chi connectivity index (χ1) is 13.1. The lowest BCUT2D eigenvalue weighted by molar-refractivity contribution is -0.153. The van der Waals surface area contributed by atoms with Crippen molar-refractivity contribution < 1.29 is 32.6 Å². The fourth-order valence-electron chi connectivity index (χ4n) is 2.98. The minimum absolute atomic E-state index is 0.0225. The molecule has 10 heteroatoms. The third-order valence-corrected chi connectivity index (χ3v) is 4.67. The SMILES string of the molecule is CC(c1ccc(OCC(F)(F)F)c(Cl)c1)N1Cc2c(ccnc2C(=O)O)C1=O. The second-order valence-electron chi connectivity index (χ2n) is 6.19. The van der Waals surface area contributed by atoms with Crippen molar-refractivity contribution >= 4 is 23.5 Å². The van der Waals surface area contributed by atoms with Gasteiger partial charge >= 0.3 is 12.1 Å². The van der Waals surface area contributed by atoms with Gasteiger partial charge in [-0.25, -0.2) is 9.78 Å². The summed E-state index contributed by atoms with van der Waals surface area (Å²) in [4.78, 5) is 29.3. The predicted octanol–water partition coefficient (Wildman–Crippen LogP) is 4.09. The van der Waals surface area contributed by atoms with Gasteiger partial charge in [-0.15, -0.1) is 0 Å². The standard InChI is InChI=1S/C18H14ClF3N2O4/c1-9(10-2-3-14(13(19)6-10)28-8-18(20,21)22)24-7-12-11(16(24)25)4-5-23-15(12)17(26)27/h2-6,9H,7-8H2,1H3,(H,26,27). The number of amides is 1. The van der Waals surface area contributed by atoms with Crippen LogP contribution in [0.1, 0.15) is 44.9 Å². The van der Waals surface area contributed by atoms with Crippen LogP contribution in [0.15, 0.2) is 30.5 Å². The predicted molar refractivity (Wildman–Crippen MR) is 92.5 cm³/mol. The van der Waals surface area contributed by atoms with Crippen LogP contribution in [0.2, 0.25) is 5.02 Å². The van der Waals surface area contributed by atoms with Crippen LogP contribution in [0.5, 0.6) is 5.75 Å². The molecule has 1 aromatic heterocycles. The van der Waals surface area contributed by atoms with Crippen LogP contribution >= 0.6 is 11.6 Å². The molecule has 148 valence electrons. The van der Waals surface area contributed by atoms with Gasteiger partial charge in [0, 0.05) is 23.9 Å². The van der Waals surface area contributed by atoms with Gasteiger partial charge in [0.15, 0.2) is 12.3 Å². The van der Waals surface area contributed by atoms with E-state index in [-0.39, 0.29) is 34.5 Å². The first-order valence-corrected chi connectivity index (χ1v) is 8.47. The molecule has 1 atom stereocenters. The molecular weight excluding hydrogens is 401 g/mol. The Labute approximate surface area is 162 Å². The van der Waals surface area contributed by atoms with Crippen molar-refractivity contribution in [1.29, 1.82) is 0 Å². The number of pyridine rings is 1. The van der Waals surface area contributed by atoms with Crippen LogP contribution in [-0.4, -0.2) is 39.7 Å². The number of halogens is 4. The van der Waals surface area contributed by atoms with E-state index in [1.807, 2.05) is 0 Å². The zero-order valence-electron chi connectivity index (χ0n) is 14.5.